The fourth-order valence-corrected chi connectivity index (χ4v) is 3.42. The van der Waals surface area contributed by atoms with Gasteiger partial charge >= 0.3 is 0 Å². The quantitative estimate of drug-likeness (QED) is 0.577. The molecule has 0 spiro atoms. The molecule has 0 bridgehead atoms. The van der Waals surface area contributed by atoms with Gasteiger partial charge in [0.25, 0.3) is 0 Å². The van der Waals surface area contributed by atoms with Crippen LogP contribution in [0.25, 0.3) is 11.1 Å². The van der Waals surface area contributed by atoms with Gasteiger partial charge in [0.1, 0.15) is 0 Å². The monoisotopic (exact) mass is 342 g/mol. The third kappa shape index (κ3) is 3.60. The molecule has 1 nitrogen and oxygen atoms in total. The second-order valence-electron chi connectivity index (χ2n) is 6.79. The Morgan fingerprint density at radius 3 is 2.36 bits per heavy atom. The highest BCUT2D eigenvalue weighted by molar-refractivity contribution is 5.65. The van der Waals surface area contributed by atoms with E-state index in [0.29, 0.717) is 24.0 Å². The van der Waals surface area contributed by atoms with Gasteiger partial charge in [-0.05, 0) is 55.9 Å². The molecular formula is C22H24F2O. The summed E-state index contributed by atoms with van der Waals surface area (Å²) in [6.45, 7) is 6.49. The summed E-state index contributed by atoms with van der Waals surface area (Å²) < 4.78 is 33.5. The van der Waals surface area contributed by atoms with Gasteiger partial charge in [-0.1, -0.05) is 42.8 Å². The van der Waals surface area contributed by atoms with Gasteiger partial charge in [0.05, 0.1) is 6.61 Å². The fraction of sp³-hybridized carbons (Fsp3) is 0.364. The molecule has 2 aromatic carbocycles. The molecule has 1 aliphatic carbocycles. The number of ether oxygens (including phenoxy) is 1. The first kappa shape index (κ1) is 17.7. The summed E-state index contributed by atoms with van der Waals surface area (Å²) in [6, 6.07) is 10.8. The molecule has 132 valence electrons. The normalized spacial score (nSPS) is 20.3. The lowest BCUT2D eigenvalue weighted by molar-refractivity contribution is 0.314. The van der Waals surface area contributed by atoms with Gasteiger partial charge < -0.3 is 4.74 Å². The van der Waals surface area contributed by atoms with Crippen molar-refractivity contribution in [3.8, 4) is 16.9 Å². The molecule has 2 atom stereocenters. The zero-order chi connectivity index (χ0) is 18.0. The van der Waals surface area contributed by atoms with Crippen molar-refractivity contribution in [3.05, 3.63) is 65.2 Å². The number of halogens is 2. The highest BCUT2D eigenvalue weighted by Crippen LogP contribution is 2.36. The van der Waals surface area contributed by atoms with E-state index < -0.39 is 11.6 Å². The van der Waals surface area contributed by atoms with E-state index >= 15 is 0 Å². The van der Waals surface area contributed by atoms with Crippen molar-refractivity contribution >= 4 is 0 Å². The topological polar surface area (TPSA) is 9.23 Å². The lowest BCUT2D eigenvalue weighted by atomic mass is 9.81. The molecule has 2 aromatic rings. The largest absolute Gasteiger partial charge is 0.491 e. The molecule has 3 heteroatoms. The van der Waals surface area contributed by atoms with E-state index in [-0.39, 0.29) is 11.3 Å². The van der Waals surface area contributed by atoms with Crippen LogP contribution in [-0.4, -0.2) is 6.61 Å². The zero-order valence-electron chi connectivity index (χ0n) is 15.0. The summed E-state index contributed by atoms with van der Waals surface area (Å²) in [4.78, 5) is 0. The predicted molar refractivity (Wildman–Crippen MR) is 97.9 cm³/mol. The molecule has 0 radical (unpaired) electrons. The smallest absolute Gasteiger partial charge is 0.201 e. The molecule has 0 amide bonds. The average molecular weight is 342 g/mol. The van der Waals surface area contributed by atoms with Crippen molar-refractivity contribution in [1.29, 1.82) is 0 Å². The van der Waals surface area contributed by atoms with E-state index in [2.05, 4.69) is 19.9 Å². The minimum atomic E-state index is -0.928. The number of hydrogen-bond donors (Lipinski definition) is 0. The molecule has 0 saturated heterocycles. The van der Waals surface area contributed by atoms with Gasteiger partial charge in [0.15, 0.2) is 11.6 Å². The molecule has 0 fully saturated rings. The summed E-state index contributed by atoms with van der Waals surface area (Å²) in [5.41, 5.74) is 3.59. The lowest BCUT2D eigenvalue weighted by Crippen LogP contribution is -2.09. The summed E-state index contributed by atoms with van der Waals surface area (Å²) >= 11 is 0. The number of allylic oxidation sites excluding steroid dienone is 2. The van der Waals surface area contributed by atoms with Crippen LogP contribution < -0.4 is 4.74 Å². The molecule has 1 aliphatic rings. The maximum atomic E-state index is 14.4. The van der Waals surface area contributed by atoms with Crippen LogP contribution >= 0.6 is 0 Å². The van der Waals surface area contributed by atoms with E-state index in [9.17, 15) is 8.78 Å². The van der Waals surface area contributed by atoms with Crippen molar-refractivity contribution in [2.45, 2.75) is 39.5 Å². The van der Waals surface area contributed by atoms with Crippen LogP contribution in [0.2, 0.25) is 0 Å². The Morgan fingerprint density at radius 1 is 1.00 bits per heavy atom. The van der Waals surface area contributed by atoms with Crippen molar-refractivity contribution in [2.24, 2.45) is 5.92 Å². The lowest BCUT2D eigenvalue weighted by Gasteiger charge is -2.25. The highest BCUT2D eigenvalue weighted by atomic mass is 19.2. The Kier molecular flexibility index (Phi) is 5.22. The number of rotatable bonds is 4. The first-order valence-electron chi connectivity index (χ1n) is 8.90. The van der Waals surface area contributed by atoms with Gasteiger partial charge in [0.2, 0.25) is 5.82 Å². The number of benzene rings is 2. The van der Waals surface area contributed by atoms with Crippen LogP contribution in [0.1, 0.15) is 45.1 Å². The summed E-state index contributed by atoms with van der Waals surface area (Å²) in [5.74, 6) is -0.773. The Balaban J connectivity index is 1.87. The van der Waals surface area contributed by atoms with Crippen LogP contribution in [0, 0.1) is 17.6 Å². The van der Waals surface area contributed by atoms with Crippen LogP contribution in [0.3, 0.4) is 0 Å². The Labute approximate surface area is 148 Å². The van der Waals surface area contributed by atoms with Crippen molar-refractivity contribution in [1.82, 2.24) is 0 Å². The van der Waals surface area contributed by atoms with Gasteiger partial charge in [0, 0.05) is 11.5 Å². The summed E-state index contributed by atoms with van der Waals surface area (Å²) in [7, 11) is 0. The molecule has 2 unspecified atom stereocenters. The first-order valence-corrected chi connectivity index (χ1v) is 8.90. The molecule has 0 aliphatic heterocycles. The fourth-order valence-electron chi connectivity index (χ4n) is 3.42. The Hall–Kier alpha value is -2.16. The highest BCUT2D eigenvalue weighted by Gasteiger charge is 2.19. The van der Waals surface area contributed by atoms with Crippen LogP contribution in [-0.2, 0) is 0 Å². The SMILES string of the molecule is CCOc1ccc(-c2ccc(C3C=C(C)C(C)CC3)cc2)c(F)c1F. The van der Waals surface area contributed by atoms with Crippen LogP contribution in [0.15, 0.2) is 48.0 Å². The number of hydrogen-bond acceptors (Lipinski definition) is 1. The standard InChI is InChI=1S/C22H24F2O/c1-4-25-20-12-11-19(21(23)22(20)24)17-9-7-16(8-10-17)18-6-5-14(2)15(3)13-18/h7-14,18H,4-6H2,1-3H3. The third-order valence-corrected chi connectivity index (χ3v) is 5.15. The molecule has 25 heavy (non-hydrogen) atoms. The Morgan fingerprint density at radius 2 is 1.72 bits per heavy atom. The summed E-state index contributed by atoms with van der Waals surface area (Å²) in [6.07, 6.45) is 4.65. The van der Waals surface area contributed by atoms with E-state index in [4.69, 9.17) is 4.74 Å². The van der Waals surface area contributed by atoms with Crippen molar-refractivity contribution < 1.29 is 13.5 Å². The zero-order valence-corrected chi connectivity index (χ0v) is 15.0. The van der Waals surface area contributed by atoms with E-state index in [1.165, 1.54) is 23.6 Å². The minimum absolute atomic E-state index is 0.0442. The van der Waals surface area contributed by atoms with E-state index in [0.717, 1.165) is 6.42 Å². The molecule has 0 saturated carbocycles. The molecule has 3 rings (SSSR count). The maximum absolute atomic E-state index is 14.4. The van der Waals surface area contributed by atoms with E-state index in [1.54, 1.807) is 13.0 Å². The first-order chi connectivity index (χ1) is 12.0. The van der Waals surface area contributed by atoms with Crippen molar-refractivity contribution in [3.63, 3.8) is 0 Å². The molecule has 0 heterocycles. The third-order valence-electron chi connectivity index (χ3n) is 5.15. The molecule has 0 N–H and O–H groups in total. The maximum Gasteiger partial charge on any atom is 0.201 e. The van der Waals surface area contributed by atoms with Gasteiger partial charge in [-0.25, -0.2) is 4.39 Å². The van der Waals surface area contributed by atoms with Crippen LogP contribution in [0.5, 0.6) is 5.75 Å². The van der Waals surface area contributed by atoms with Crippen LogP contribution in [0.4, 0.5) is 8.78 Å². The van der Waals surface area contributed by atoms with Gasteiger partial charge in [-0.15, -0.1) is 0 Å². The summed E-state index contributed by atoms with van der Waals surface area (Å²) in [5, 5.41) is 0. The molecular weight excluding hydrogens is 318 g/mol. The second-order valence-corrected chi connectivity index (χ2v) is 6.79. The van der Waals surface area contributed by atoms with E-state index in [1.807, 2.05) is 24.3 Å². The molecule has 0 aromatic heterocycles. The van der Waals surface area contributed by atoms with Gasteiger partial charge in [-0.2, -0.15) is 4.39 Å². The minimum Gasteiger partial charge on any atom is -0.491 e. The van der Waals surface area contributed by atoms with Crippen molar-refractivity contribution in [2.75, 3.05) is 6.61 Å². The average Bonchev–Trinajstić information content (AvgIpc) is 2.62. The van der Waals surface area contributed by atoms with Gasteiger partial charge in [-0.3, -0.25) is 0 Å². The Bertz CT molecular complexity index is 777. The second kappa shape index (κ2) is 7.38. The predicted octanol–water partition coefficient (Wildman–Crippen LogP) is 6.49.